The molecule has 3 N–H and O–H groups in total. The summed E-state index contributed by atoms with van der Waals surface area (Å²) < 4.78 is 37.7. The Kier molecular flexibility index (Phi) is 3.69. The van der Waals surface area contributed by atoms with Crippen LogP contribution >= 0.6 is 0 Å². The lowest BCUT2D eigenvalue weighted by atomic mass is 9.96. The molecule has 0 heterocycles. The third-order valence-corrected chi connectivity index (χ3v) is 2.55. The monoisotopic (exact) mass is 259 g/mol. The van der Waals surface area contributed by atoms with Crippen LogP contribution in [-0.2, 0) is 6.18 Å². The first-order chi connectivity index (χ1) is 8.18. The predicted molar refractivity (Wildman–Crippen MR) is 62.1 cm³/mol. The number of carboxylic acid groups (broad SMARTS) is 1. The van der Waals surface area contributed by atoms with Gasteiger partial charge in [-0.25, -0.2) is 4.79 Å². The van der Waals surface area contributed by atoms with E-state index >= 15 is 0 Å². The Morgan fingerprint density at radius 2 is 1.94 bits per heavy atom. The third kappa shape index (κ3) is 2.64. The highest BCUT2D eigenvalue weighted by atomic mass is 19.4. The Bertz CT molecular complexity index is 519. The number of nitrogen functional groups attached to an aromatic ring is 1. The zero-order valence-corrected chi connectivity index (χ0v) is 9.80. The SMILES string of the molecule is CC=C(C)c1c(N)cc(C(F)(F)F)cc1C(=O)O. The molecular weight excluding hydrogens is 247 g/mol. The Morgan fingerprint density at radius 3 is 2.33 bits per heavy atom. The van der Waals surface area contributed by atoms with E-state index in [1.807, 2.05) is 0 Å². The van der Waals surface area contributed by atoms with Crippen LogP contribution in [0.25, 0.3) is 5.57 Å². The summed E-state index contributed by atoms with van der Waals surface area (Å²) in [7, 11) is 0. The van der Waals surface area contributed by atoms with Crippen molar-refractivity contribution in [3.8, 4) is 0 Å². The molecule has 0 amide bonds. The molecule has 1 aromatic rings. The average molecular weight is 259 g/mol. The summed E-state index contributed by atoms with van der Waals surface area (Å²) >= 11 is 0. The normalized spacial score (nSPS) is 12.6. The molecule has 0 saturated carbocycles. The average Bonchev–Trinajstić information content (AvgIpc) is 2.25. The van der Waals surface area contributed by atoms with E-state index < -0.39 is 23.3 Å². The first-order valence-electron chi connectivity index (χ1n) is 5.05. The van der Waals surface area contributed by atoms with Crippen LogP contribution < -0.4 is 5.73 Å². The lowest BCUT2D eigenvalue weighted by Gasteiger charge is -2.14. The molecular formula is C12H12F3NO2. The number of carboxylic acids is 1. The summed E-state index contributed by atoms with van der Waals surface area (Å²) in [5, 5.41) is 8.97. The molecule has 1 rings (SSSR count). The fraction of sp³-hybridized carbons (Fsp3) is 0.250. The Hall–Kier alpha value is -1.98. The van der Waals surface area contributed by atoms with E-state index in [1.165, 1.54) is 0 Å². The van der Waals surface area contributed by atoms with Gasteiger partial charge in [-0.05, 0) is 31.6 Å². The molecule has 1 aromatic carbocycles. The number of nitrogens with two attached hydrogens (primary N) is 1. The fourth-order valence-corrected chi connectivity index (χ4v) is 1.58. The van der Waals surface area contributed by atoms with Crippen LogP contribution in [0, 0.1) is 0 Å². The van der Waals surface area contributed by atoms with Crippen LogP contribution in [0.1, 0.15) is 35.3 Å². The van der Waals surface area contributed by atoms with Gasteiger partial charge in [-0.15, -0.1) is 0 Å². The molecule has 0 spiro atoms. The highest BCUT2D eigenvalue weighted by Gasteiger charge is 2.33. The van der Waals surface area contributed by atoms with Gasteiger partial charge in [0.1, 0.15) is 0 Å². The largest absolute Gasteiger partial charge is 0.478 e. The maximum atomic E-state index is 12.6. The lowest BCUT2D eigenvalue weighted by molar-refractivity contribution is -0.137. The van der Waals surface area contributed by atoms with E-state index in [2.05, 4.69) is 0 Å². The Morgan fingerprint density at radius 1 is 1.39 bits per heavy atom. The Labute approximate surface area is 102 Å². The van der Waals surface area contributed by atoms with E-state index in [1.54, 1.807) is 19.9 Å². The van der Waals surface area contributed by atoms with Gasteiger partial charge >= 0.3 is 12.1 Å². The van der Waals surface area contributed by atoms with Crippen molar-refractivity contribution in [1.82, 2.24) is 0 Å². The number of benzene rings is 1. The number of halogens is 3. The molecule has 0 aromatic heterocycles. The summed E-state index contributed by atoms with van der Waals surface area (Å²) in [5.74, 6) is -1.44. The zero-order valence-electron chi connectivity index (χ0n) is 9.80. The van der Waals surface area contributed by atoms with E-state index in [-0.39, 0.29) is 11.3 Å². The van der Waals surface area contributed by atoms with E-state index in [0.29, 0.717) is 11.6 Å². The third-order valence-electron chi connectivity index (χ3n) is 2.55. The number of hydrogen-bond donors (Lipinski definition) is 2. The van der Waals surface area contributed by atoms with Gasteiger partial charge in [0.05, 0.1) is 11.1 Å². The number of allylic oxidation sites excluding steroid dienone is 2. The topological polar surface area (TPSA) is 63.3 Å². The van der Waals surface area contributed by atoms with Crippen molar-refractivity contribution in [2.45, 2.75) is 20.0 Å². The molecule has 98 valence electrons. The summed E-state index contributed by atoms with van der Waals surface area (Å²) in [5.41, 5.74) is 4.46. The molecule has 0 radical (unpaired) electrons. The minimum absolute atomic E-state index is 0.123. The van der Waals surface area contributed by atoms with Gasteiger partial charge in [0, 0.05) is 11.3 Å². The van der Waals surface area contributed by atoms with Crippen LogP contribution in [0.4, 0.5) is 18.9 Å². The lowest BCUT2D eigenvalue weighted by Crippen LogP contribution is -2.12. The molecule has 0 unspecified atom stereocenters. The minimum atomic E-state index is -4.62. The molecule has 0 fully saturated rings. The molecule has 0 saturated heterocycles. The number of alkyl halides is 3. The van der Waals surface area contributed by atoms with Crippen LogP contribution in [0.5, 0.6) is 0 Å². The summed E-state index contributed by atoms with van der Waals surface area (Å²) in [6.07, 6.45) is -3.04. The van der Waals surface area contributed by atoms with Gasteiger partial charge in [-0.1, -0.05) is 6.08 Å². The first kappa shape index (κ1) is 14.1. The second-order valence-electron chi connectivity index (χ2n) is 3.76. The molecule has 6 heteroatoms. The number of aromatic carboxylic acids is 1. The van der Waals surface area contributed by atoms with Crippen molar-refractivity contribution in [2.75, 3.05) is 5.73 Å². The zero-order chi connectivity index (χ0) is 14.1. The highest BCUT2D eigenvalue weighted by Crippen LogP contribution is 2.35. The van der Waals surface area contributed by atoms with Crippen molar-refractivity contribution < 1.29 is 23.1 Å². The van der Waals surface area contributed by atoms with Gasteiger partial charge in [0.25, 0.3) is 0 Å². The van der Waals surface area contributed by atoms with Gasteiger partial charge in [0.15, 0.2) is 0 Å². The second-order valence-corrected chi connectivity index (χ2v) is 3.76. The maximum Gasteiger partial charge on any atom is 0.416 e. The van der Waals surface area contributed by atoms with Gasteiger partial charge in [0.2, 0.25) is 0 Å². The number of carbonyl (C=O) groups is 1. The number of anilines is 1. The molecule has 3 nitrogen and oxygen atoms in total. The van der Waals surface area contributed by atoms with Gasteiger partial charge < -0.3 is 10.8 Å². The second kappa shape index (κ2) is 4.72. The first-order valence-corrected chi connectivity index (χ1v) is 5.05. The number of rotatable bonds is 2. The standard InChI is InChI=1S/C12H12F3NO2/c1-3-6(2)10-8(11(17)18)4-7(5-9(10)16)12(13,14)15/h3-5H,16H2,1-2H3,(H,17,18). The van der Waals surface area contributed by atoms with Crippen molar-refractivity contribution >= 4 is 17.2 Å². The Balaban J connectivity index is 3.61. The predicted octanol–water partition coefficient (Wildman–Crippen LogP) is 3.41. The van der Waals surface area contributed by atoms with Crippen molar-refractivity contribution in [3.63, 3.8) is 0 Å². The van der Waals surface area contributed by atoms with Crippen LogP contribution in [0.2, 0.25) is 0 Å². The van der Waals surface area contributed by atoms with E-state index in [0.717, 1.165) is 6.07 Å². The highest BCUT2D eigenvalue weighted by molar-refractivity contribution is 5.97. The minimum Gasteiger partial charge on any atom is -0.478 e. The van der Waals surface area contributed by atoms with Crippen LogP contribution in [-0.4, -0.2) is 11.1 Å². The van der Waals surface area contributed by atoms with E-state index in [9.17, 15) is 18.0 Å². The van der Waals surface area contributed by atoms with Crippen LogP contribution in [0.15, 0.2) is 18.2 Å². The summed E-state index contributed by atoms with van der Waals surface area (Å²) in [6.45, 7) is 3.24. The summed E-state index contributed by atoms with van der Waals surface area (Å²) in [4.78, 5) is 11.0. The van der Waals surface area contributed by atoms with E-state index in [4.69, 9.17) is 10.8 Å². The van der Waals surface area contributed by atoms with Crippen LogP contribution in [0.3, 0.4) is 0 Å². The molecule has 0 aliphatic heterocycles. The smallest absolute Gasteiger partial charge is 0.416 e. The van der Waals surface area contributed by atoms with Gasteiger partial charge in [-0.3, -0.25) is 0 Å². The summed E-state index contributed by atoms with van der Waals surface area (Å²) in [6, 6.07) is 1.34. The maximum absolute atomic E-state index is 12.6. The van der Waals surface area contributed by atoms with Crippen molar-refractivity contribution in [3.05, 3.63) is 34.9 Å². The number of hydrogen-bond acceptors (Lipinski definition) is 2. The molecule has 0 atom stereocenters. The fourth-order valence-electron chi connectivity index (χ4n) is 1.58. The molecule has 0 aliphatic rings. The molecule has 18 heavy (non-hydrogen) atoms. The molecule has 0 aliphatic carbocycles. The van der Waals surface area contributed by atoms with Crippen molar-refractivity contribution in [1.29, 1.82) is 0 Å². The van der Waals surface area contributed by atoms with Gasteiger partial charge in [-0.2, -0.15) is 13.2 Å². The molecule has 0 bridgehead atoms. The van der Waals surface area contributed by atoms with Crippen molar-refractivity contribution in [2.24, 2.45) is 0 Å². The quantitative estimate of drug-likeness (QED) is 0.800.